The Morgan fingerprint density at radius 1 is 0.958 bits per heavy atom. The van der Waals surface area contributed by atoms with Gasteiger partial charge in [0.2, 0.25) is 10.0 Å². The SMILES string of the molecule is Cc1ccc(S(=O)(=O)N2[C@H](c3ccc(Cl)cc3)[C@@H]2[Si](C)(C)C)cc1. The van der Waals surface area contributed by atoms with Gasteiger partial charge in [0.15, 0.2) is 0 Å². The van der Waals surface area contributed by atoms with Gasteiger partial charge in [-0.15, -0.1) is 0 Å². The molecule has 1 unspecified atom stereocenters. The first-order valence-electron chi connectivity index (χ1n) is 7.98. The molecule has 0 bridgehead atoms. The van der Waals surface area contributed by atoms with E-state index in [4.69, 9.17) is 11.6 Å². The molecule has 0 saturated carbocycles. The van der Waals surface area contributed by atoms with Gasteiger partial charge in [-0.05, 0) is 36.8 Å². The lowest BCUT2D eigenvalue weighted by atomic mass is 10.2. The van der Waals surface area contributed by atoms with Crippen molar-refractivity contribution in [3.63, 3.8) is 0 Å². The number of aryl methyl sites for hydroxylation is 1. The Morgan fingerprint density at radius 2 is 1.50 bits per heavy atom. The second kappa shape index (κ2) is 5.99. The van der Waals surface area contributed by atoms with Crippen molar-refractivity contribution in [2.45, 2.75) is 43.2 Å². The molecule has 0 spiro atoms. The maximum Gasteiger partial charge on any atom is 0.243 e. The highest BCUT2D eigenvalue weighted by molar-refractivity contribution is 7.89. The van der Waals surface area contributed by atoms with E-state index in [1.54, 1.807) is 16.4 Å². The first-order valence-corrected chi connectivity index (χ1v) is 13.4. The Labute approximate surface area is 150 Å². The minimum Gasteiger partial charge on any atom is -0.207 e. The molecule has 1 heterocycles. The summed E-state index contributed by atoms with van der Waals surface area (Å²) in [5.41, 5.74) is 2.14. The first kappa shape index (κ1) is 17.7. The number of benzene rings is 2. The quantitative estimate of drug-likeness (QED) is 0.573. The second-order valence-electron chi connectivity index (χ2n) is 7.46. The highest BCUT2D eigenvalue weighted by Crippen LogP contribution is 2.51. The number of nitrogens with zero attached hydrogens (tertiary/aromatic N) is 1. The summed E-state index contributed by atoms with van der Waals surface area (Å²) in [6.07, 6.45) is 0. The largest absolute Gasteiger partial charge is 0.243 e. The lowest BCUT2D eigenvalue weighted by Crippen LogP contribution is -2.33. The normalized spacial score (nSPS) is 24.0. The van der Waals surface area contributed by atoms with Crippen molar-refractivity contribution in [3.05, 3.63) is 64.7 Å². The molecule has 2 aromatic carbocycles. The van der Waals surface area contributed by atoms with Crippen molar-refractivity contribution >= 4 is 29.7 Å². The lowest BCUT2D eigenvalue weighted by Gasteiger charge is -2.15. The van der Waals surface area contributed by atoms with Crippen LogP contribution in [0.2, 0.25) is 24.7 Å². The molecule has 6 heteroatoms. The van der Waals surface area contributed by atoms with Crippen LogP contribution in [-0.2, 0) is 10.0 Å². The molecule has 1 saturated heterocycles. The van der Waals surface area contributed by atoms with Gasteiger partial charge in [-0.25, -0.2) is 8.42 Å². The summed E-state index contributed by atoms with van der Waals surface area (Å²) in [6, 6.07) is 14.5. The molecule has 1 aliphatic heterocycles. The Bertz CT molecular complexity index is 842. The van der Waals surface area contributed by atoms with Crippen LogP contribution in [-0.4, -0.2) is 26.5 Å². The van der Waals surface area contributed by atoms with Gasteiger partial charge < -0.3 is 0 Å². The van der Waals surface area contributed by atoms with E-state index < -0.39 is 18.1 Å². The van der Waals surface area contributed by atoms with Gasteiger partial charge in [0.05, 0.1) is 19.0 Å². The molecule has 3 atom stereocenters. The summed E-state index contributed by atoms with van der Waals surface area (Å²) in [7, 11) is -5.17. The number of halogens is 1. The highest BCUT2D eigenvalue weighted by atomic mass is 35.5. The van der Waals surface area contributed by atoms with Crippen molar-refractivity contribution < 1.29 is 8.42 Å². The molecular formula is C18H22ClNO2SSi. The summed E-state index contributed by atoms with van der Waals surface area (Å²) >= 11 is 5.98. The first-order chi connectivity index (χ1) is 11.1. The third-order valence-electron chi connectivity index (χ3n) is 4.45. The zero-order valence-corrected chi connectivity index (χ0v) is 16.9. The van der Waals surface area contributed by atoms with Crippen molar-refractivity contribution in [1.29, 1.82) is 0 Å². The summed E-state index contributed by atoms with van der Waals surface area (Å²) < 4.78 is 28.0. The Hall–Kier alpha value is -1.14. The number of sulfonamides is 1. The van der Waals surface area contributed by atoms with Crippen LogP contribution in [0.5, 0.6) is 0 Å². The molecule has 1 fully saturated rings. The van der Waals surface area contributed by atoms with Gasteiger partial charge in [0.25, 0.3) is 0 Å². The van der Waals surface area contributed by atoms with Crippen molar-refractivity contribution in [1.82, 2.24) is 4.31 Å². The Balaban J connectivity index is 2.01. The van der Waals surface area contributed by atoms with Crippen LogP contribution < -0.4 is 0 Å². The zero-order chi connectivity index (χ0) is 17.7. The number of hydrogen-bond acceptors (Lipinski definition) is 2. The molecule has 1 aliphatic rings. The average Bonchev–Trinajstić information content (AvgIpc) is 3.25. The number of rotatable bonds is 4. The van der Waals surface area contributed by atoms with Gasteiger partial charge >= 0.3 is 0 Å². The van der Waals surface area contributed by atoms with Crippen LogP contribution in [0.25, 0.3) is 0 Å². The highest BCUT2D eigenvalue weighted by Gasteiger charge is 2.61. The van der Waals surface area contributed by atoms with Gasteiger partial charge in [-0.1, -0.05) is 61.1 Å². The predicted molar refractivity (Wildman–Crippen MR) is 102 cm³/mol. The maximum absolute atomic E-state index is 13.1. The molecule has 0 aromatic heterocycles. The summed E-state index contributed by atoms with van der Waals surface area (Å²) in [4.78, 5) is 0.368. The van der Waals surface area contributed by atoms with E-state index in [1.807, 2.05) is 43.3 Å². The van der Waals surface area contributed by atoms with Crippen molar-refractivity contribution in [2.24, 2.45) is 0 Å². The molecule has 3 rings (SSSR count). The standard InChI is InChI=1S/C18H22ClNO2SSi/c1-13-5-11-16(12-6-13)23(21,22)20-17(18(20)24(2,3)4)14-7-9-15(19)10-8-14/h5-12,17-18H,1-4H3/t17-,18+,20?/m1/s1. The molecule has 0 N–H and O–H groups in total. The third-order valence-corrected chi connectivity index (χ3v) is 9.14. The van der Waals surface area contributed by atoms with E-state index >= 15 is 0 Å². The van der Waals surface area contributed by atoms with Gasteiger partial charge in [-0.3, -0.25) is 0 Å². The monoisotopic (exact) mass is 379 g/mol. The van der Waals surface area contributed by atoms with E-state index in [0.29, 0.717) is 9.92 Å². The Kier molecular flexibility index (Phi) is 4.41. The molecule has 0 amide bonds. The minimum absolute atomic E-state index is 0.0741. The smallest absolute Gasteiger partial charge is 0.207 e. The van der Waals surface area contributed by atoms with Gasteiger partial charge in [0, 0.05) is 10.7 Å². The van der Waals surface area contributed by atoms with Crippen LogP contribution >= 0.6 is 11.6 Å². The van der Waals surface area contributed by atoms with Crippen molar-refractivity contribution in [3.8, 4) is 0 Å². The average molecular weight is 380 g/mol. The molecule has 0 aliphatic carbocycles. The lowest BCUT2D eigenvalue weighted by molar-refractivity contribution is 0.551. The molecule has 24 heavy (non-hydrogen) atoms. The molecule has 0 radical (unpaired) electrons. The van der Waals surface area contributed by atoms with Crippen molar-refractivity contribution in [2.75, 3.05) is 0 Å². The van der Waals surface area contributed by atoms with Crippen LogP contribution in [0.4, 0.5) is 0 Å². The van der Waals surface area contributed by atoms with Gasteiger partial charge in [-0.2, -0.15) is 4.31 Å². The van der Waals surface area contributed by atoms with Crippen LogP contribution in [0, 0.1) is 6.92 Å². The predicted octanol–water partition coefficient (Wildman–Crippen LogP) is 4.64. The number of hydrogen-bond donors (Lipinski definition) is 0. The maximum atomic E-state index is 13.1. The zero-order valence-electron chi connectivity index (χ0n) is 14.3. The molecular weight excluding hydrogens is 358 g/mol. The topological polar surface area (TPSA) is 37.1 Å². The van der Waals surface area contributed by atoms with E-state index in [9.17, 15) is 8.42 Å². The van der Waals surface area contributed by atoms with E-state index in [1.165, 1.54) is 0 Å². The van der Waals surface area contributed by atoms with Crippen LogP contribution in [0.15, 0.2) is 53.4 Å². The van der Waals surface area contributed by atoms with E-state index in [0.717, 1.165) is 11.1 Å². The van der Waals surface area contributed by atoms with E-state index in [2.05, 4.69) is 19.6 Å². The summed E-state index contributed by atoms with van der Waals surface area (Å²) in [5.74, 6) is 0. The third kappa shape index (κ3) is 3.18. The fraction of sp³-hybridized carbons (Fsp3) is 0.333. The summed E-state index contributed by atoms with van der Waals surface area (Å²) in [5, 5.41) is 0.664. The minimum atomic E-state index is -3.49. The van der Waals surface area contributed by atoms with E-state index in [-0.39, 0.29) is 11.7 Å². The molecule has 2 aromatic rings. The van der Waals surface area contributed by atoms with Gasteiger partial charge in [0.1, 0.15) is 0 Å². The fourth-order valence-corrected chi connectivity index (χ4v) is 8.54. The Morgan fingerprint density at radius 3 is 2.00 bits per heavy atom. The second-order valence-corrected chi connectivity index (χ2v) is 15.1. The molecule has 3 nitrogen and oxygen atoms in total. The fourth-order valence-electron chi connectivity index (χ4n) is 3.19. The molecule has 128 valence electrons. The summed E-state index contributed by atoms with van der Waals surface area (Å²) in [6.45, 7) is 8.59. The van der Waals surface area contributed by atoms with Crippen LogP contribution in [0.1, 0.15) is 17.2 Å². The van der Waals surface area contributed by atoms with Crippen LogP contribution in [0.3, 0.4) is 0 Å².